The van der Waals surface area contributed by atoms with Crippen LogP contribution in [-0.2, 0) is 16.1 Å². The molecule has 3 rings (SSSR count). The Morgan fingerprint density at radius 1 is 1.13 bits per heavy atom. The predicted octanol–water partition coefficient (Wildman–Crippen LogP) is 2.29. The maximum Gasteiger partial charge on any atom is 0.408 e. The highest BCUT2D eigenvalue weighted by Crippen LogP contribution is 2.26. The first kappa shape index (κ1) is 15.0. The first-order valence-corrected chi connectivity index (χ1v) is 7.18. The van der Waals surface area contributed by atoms with E-state index in [4.69, 9.17) is 4.74 Å². The van der Waals surface area contributed by atoms with Crippen LogP contribution in [0.5, 0.6) is 0 Å². The highest BCUT2D eigenvalue weighted by atomic mass is 19.1. The van der Waals surface area contributed by atoms with Crippen molar-refractivity contribution >= 4 is 12.0 Å². The first-order chi connectivity index (χ1) is 11.1. The van der Waals surface area contributed by atoms with Crippen LogP contribution in [0.4, 0.5) is 9.18 Å². The van der Waals surface area contributed by atoms with Crippen molar-refractivity contribution in [3.8, 4) is 0 Å². The van der Waals surface area contributed by atoms with E-state index in [-0.39, 0.29) is 18.3 Å². The summed E-state index contributed by atoms with van der Waals surface area (Å²) in [5.74, 6) is -0.685. The fourth-order valence-corrected chi connectivity index (χ4v) is 2.43. The zero-order valence-corrected chi connectivity index (χ0v) is 12.2. The standard InChI is InChI=1S/C17H15FN2O3/c18-13-8-6-11(7-9-13)10-19-16(21)14-15(23-17(22)20-14)12-4-2-1-3-5-12/h1-9,14-15H,10H2,(H,19,21)(H,20,22). The van der Waals surface area contributed by atoms with Crippen molar-refractivity contribution in [2.45, 2.75) is 18.7 Å². The fraction of sp³-hybridized carbons (Fsp3) is 0.176. The van der Waals surface area contributed by atoms with Crippen LogP contribution in [0.15, 0.2) is 54.6 Å². The number of carbonyl (C=O) groups is 2. The van der Waals surface area contributed by atoms with Gasteiger partial charge in [-0.05, 0) is 23.3 Å². The van der Waals surface area contributed by atoms with Crippen molar-refractivity contribution in [1.29, 1.82) is 0 Å². The molecule has 2 aromatic rings. The third-order valence-corrected chi connectivity index (χ3v) is 3.60. The highest BCUT2D eigenvalue weighted by molar-refractivity contribution is 5.88. The second-order valence-electron chi connectivity index (χ2n) is 5.20. The number of carbonyl (C=O) groups excluding carboxylic acids is 2. The minimum absolute atomic E-state index is 0.243. The Morgan fingerprint density at radius 3 is 2.52 bits per heavy atom. The molecule has 2 unspecified atom stereocenters. The predicted molar refractivity (Wildman–Crippen MR) is 80.8 cm³/mol. The molecule has 1 heterocycles. The molecule has 2 N–H and O–H groups in total. The second kappa shape index (κ2) is 6.48. The molecular weight excluding hydrogens is 299 g/mol. The van der Waals surface area contributed by atoms with E-state index in [1.54, 1.807) is 24.3 Å². The largest absolute Gasteiger partial charge is 0.439 e. The summed E-state index contributed by atoms with van der Waals surface area (Å²) in [5.41, 5.74) is 1.51. The summed E-state index contributed by atoms with van der Waals surface area (Å²) in [6, 6.07) is 14.1. The van der Waals surface area contributed by atoms with Crippen LogP contribution in [0.2, 0.25) is 0 Å². The van der Waals surface area contributed by atoms with Crippen molar-refractivity contribution < 1.29 is 18.7 Å². The SMILES string of the molecule is O=C1NC(C(=O)NCc2ccc(F)cc2)C(c2ccccc2)O1. The van der Waals surface area contributed by atoms with Gasteiger partial charge in [0, 0.05) is 6.54 Å². The minimum Gasteiger partial charge on any atom is -0.439 e. The lowest BCUT2D eigenvalue weighted by molar-refractivity contribution is -0.124. The van der Waals surface area contributed by atoms with Crippen molar-refractivity contribution in [3.63, 3.8) is 0 Å². The van der Waals surface area contributed by atoms with Gasteiger partial charge in [-0.2, -0.15) is 0 Å². The molecule has 1 aliphatic heterocycles. The number of halogens is 1. The van der Waals surface area contributed by atoms with Crippen molar-refractivity contribution in [2.75, 3.05) is 0 Å². The van der Waals surface area contributed by atoms with Crippen LogP contribution < -0.4 is 10.6 Å². The zero-order chi connectivity index (χ0) is 16.2. The highest BCUT2D eigenvalue weighted by Gasteiger charge is 2.39. The lowest BCUT2D eigenvalue weighted by Crippen LogP contribution is -2.43. The van der Waals surface area contributed by atoms with Crippen LogP contribution >= 0.6 is 0 Å². The van der Waals surface area contributed by atoms with Gasteiger partial charge in [0.2, 0.25) is 5.91 Å². The Labute approximate surface area is 132 Å². The number of hydrogen-bond acceptors (Lipinski definition) is 3. The van der Waals surface area contributed by atoms with Gasteiger partial charge in [-0.15, -0.1) is 0 Å². The Balaban J connectivity index is 1.67. The molecule has 2 amide bonds. The maximum atomic E-state index is 12.9. The summed E-state index contributed by atoms with van der Waals surface area (Å²) in [4.78, 5) is 23.8. The summed E-state index contributed by atoms with van der Waals surface area (Å²) >= 11 is 0. The van der Waals surface area contributed by atoms with E-state index in [1.165, 1.54) is 12.1 Å². The van der Waals surface area contributed by atoms with Crippen molar-refractivity contribution in [2.24, 2.45) is 0 Å². The number of nitrogens with one attached hydrogen (secondary N) is 2. The number of cyclic esters (lactones) is 1. The summed E-state index contributed by atoms with van der Waals surface area (Å²) in [6.07, 6.45) is -1.29. The lowest BCUT2D eigenvalue weighted by Gasteiger charge is -2.17. The van der Waals surface area contributed by atoms with Crippen LogP contribution in [0.3, 0.4) is 0 Å². The monoisotopic (exact) mass is 314 g/mol. The molecule has 0 saturated carbocycles. The summed E-state index contributed by atoms with van der Waals surface area (Å²) in [5, 5.41) is 5.24. The molecule has 1 aliphatic rings. The molecule has 118 valence electrons. The number of rotatable bonds is 4. The van der Waals surface area contributed by atoms with Gasteiger partial charge in [0.05, 0.1) is 0 Å². The van der Waals surface area contributed by atoms with Crippen LogP contribution in [-0.4, -0.2) is 18.0 Å². The molecule has 2 aromatic carbocycles. The van der Waals surface area contributed by atoms with Crippen LogP contribution in [0, 0.1) is 5.82 Å². The summed E-state index contributed by atoms with van der Waals surface area (Å²) in [7, 11) is 0. The van der Waals surface area contributed by atoms with Gasteiger partial charge in [0.15, 0.2) is 12.1 Å². The average molecular weight is 314 g/mol. The quantitative estimate of drug-likeness (QED) is 0.910. The number of amides is 2. The van der Waals surface area contributed by atoms with Gasteiger partial charge in [-0.3, -0.25) is 4.79 Å². The molecule has 2 atom stereocenters. The molecule has 0 radical (unpaired) electrons. The average Bonchev–Trinajstić information content (AvgIpc) is 2.97. The molecule has 1 saturated heterocycles. The van der Waals surface area contributed by atoms with E-state index in [1.807, 2.05) is 18.2 Å². The third kappa shape index (κ3) is 3.48. The molecule has 0 aromatic heterocycles. The fourth-order valence-electron chi connectivity index (χ4n) is 2.43. The molecule has 6 heteroatoms. The number of ether oxygens (including phenoxy) is 1. The van der Waals surface area contributed by atoms with Crippen LogP contribution in [0.25, 0.3) is 0 Å². The van der Waals surface area contributed by atoms with Gasteiger partial charge in [0.25, 0.3) is 0 Å². The Kier molecular flexibility index (Phi) is 4.23. The van der Waals surface area contributed by atoms with Gasteiger partial charge in [-0.25, -0.2) is 9.18 Å². The minimum atomic E-state index is -0.801. The van der Waals surface area contributed by atoms with E-state index in [2.05, 4.69) is 10.6 Å². The number of benzene rings is 2. The van der Waals surface area contributed by atoms with Gasteiger partial charge in [0.1, 0.15) is 5.82 Å². The second-order valence-corrected chi connectivity index (χ2v) is 5.20. The Morgan fingerprint density at radius 2 is 1.83 bits per heavy atom. The Hall–Kier alpha value is -2.89. The molecular formula is C17H15FN2O3. The Bertz CT molecular complexity index is 704. The van der Waals surface area contributed by atoms with E-state index in [9.17, 15) is 14.0 Å². The molecule has 5 nitrogen and oxygen atoms in total. The van der Waals surface area contributed by atoms with Crippen molar-refractivity contribution in [3.05, 3.63) is 71.5 Å². The number of alkyl carbamates (subject to hydrolysis) is 1. The van der Waals surface area contributed by atoms with E-state index in [0.29, 0.717) is 0 Å². The van der Waals surface area contributed by atoms with E-state index in [0.717, 1.165) is 11.1 Å². The molecule has 23 heavy (non-hydrogen) atoms. The normalized spacial score (nSPS) is 19.8. The molecule has 0 bridgehead atoms. The van der Waals surface area contributed by atoms with E-state index >= 15 is 0 Å². The molecule has 0 spiro atoms. The first-order valence-electron chi connectivity index (χ1n) is 7.18. The van der Waals surface area contributed by atoms with E-state index < -0.39 is 18.2 Å². The molecule has 0 aliphatic carbocycles. The smallest absolute Gasteiger partial charge is 0.408 e. The van der Waals surface area contributed by atoms with Crippen molar-refractivity contribution in [1.82, 2.24) is 10.6 Å². The van der Waals surface area contributed by atoms with Gasteiger partial charge < -0.3 is 15.4 Å². The van der Waals surface area contributed by atoms with Gasteiger partial charge >= 0.3 is 6.09 Å². The summed E-state index contributed by atoms with van der Waals surface area (Å²) < 4.78 is 18.1. The maximum absolute atomic E-state index is 12.9. The van der Waals surface area contributed by atoms with Crippen LogP contribution in [0.1, 0.15) is 17.2 Å². The lowest BCUT2D eigenvalue weighted by atomic mass is 10.0. The third-order valence-electron chi connectivity index (χ3n) is 3.60. The molecule has 1 fully saturated rings. The number of hydrogen-bond donors (Lipinski definition) is 2. The van der Waals surface area contributed by atoms with Gasteiger partial charge in [-0.1, -0.05) is 42.5 Å². The zero-order valence-electron chi connectivity index (χ0n) is 12.2. The topological polar surface area (TPSA) is 67.4 Å². The summed E-state index contributed by atoms with van der Waals surface area (Å²) in [6.45, 7) is 0.243.